The lowest BCUT2D eigenvalue weighted by atomic mass is 10.1. The maximum absolute atomic E-state index is 10.4. The maximum Gasteiger partial charge on any atom is 0.208 e. The standard InChI is InChI=1S/C16H21N3O5/c20-9-12-13(21)14(22)15(24-12)19-11-4-2-1-3-10(11)17-16(19)18-5-7-23-8-6-18/h1-4,12-15,20-22H,5-9H2/t12-,13-,14-,15-/m1/s1. The Kier molecular flexibility index (Phi) is 4.15. The summed E-state index contributed by atoms with van der Waals surface area (Å²) >= 11 is 0. The van der Waals surface area contributed by atoms with Crippen LogP contribution in [0.1, 0.15) is 6.23 Å². The summed E-state index contributed by atoms with van der Waals surface area (Å²) in [5.74, 6) is 0.675. The predicted octanol–water partition coefficient (Wildman–Crippen LogP) is -0.516. The van der Waals surface area contributed by atoms with Crippen molar-refractivity contribution in [3.05, 3.63) is 24.3 Å². The number of benzene rings is 1. The highest BCUT2D eigenvalue weighted by molar-refractivity contribution is 5.79. The summed E-state index contributed by atoms with van der Waals surface area (Å²) in [6.07, 6.45) is -3.90. The molecule has 0 spiro atoms. The highest BCUT2D eigenvalue weighted by Gasteiger charge is 2.45. The van der Waals surface area contributed by atoms with Gasteiger partial charge in [0.15, 0.2) is 6.23 Å². The number of hydrogen-bond acceptors (Lipinski definition) is 7. The van der Waals surface area contributed by atoms with Crippen molar-refractivity contribution in [3.8, 4) is 0 Å². The number of para-hydroxylation sites is 2. The van der Waals surface area contributed by atoms with Gasteiger partial charge in [-0.15, -0.1) is 0 Å². The molecule has 2 fully saturated rings. The number of fused-ring (bicyclic) bond motifs is 1. The minimum absolute atomic E-state index is 0.353. The molecular weight excluding hydrogens is 314 g/mol. The van der Waals surface area contributed by atoms with Crippen LogP contribution in [-0.2, 0) is 9.47 Å². The number of aliphatic hydroxyl groups excluding tert-OH is 3. The Hall–Kier alpha value is -1.71. The van der Waals surface area contributed by atoms with Crippen LogP contribution in [0.5, 0.6) is 0 Å². The van der Waals surface area contributed by atoms with Gasteiger partial charge in [0, 0.05) is 13.1 Å². The van der Waals surface area contributed by atoms with E-state index >= 15 is 0 Å². The van der Waals surface area contributed by atoms with Crippen LogP contribution in [-0.4, -0.2) is 76.1 Å². The van der Waals surface area contributed by atoms with Gasteiger partial charge < -0.3 is 29.7 Å². The monoisotopic (exact) mass is 335 g/mol. The van der Waals surface area contributed by atoms with Crippen molar-refractivity contribution in [3.63, 3.8) is 0 Å². The third-order valence-corrected chi connectivity index (χ3v) is 4.64. The van der Waals surface area contributed by atoms with E-state index < -0.39 is 24.5 Å². The van der Waals surface area contributed by atoms with Gasteiger partial charge in [-0.05, 0) is 12.1 Å². The van der Waals surface area contributed by atoms with Crippen molar-refractivity contribution in [2.45, 2.75) is 24.5 Å². The largest absolute Gasteiger partial charge is 0.394 e. The second-order valence-corrected chi connectivity index (χ2v) is 6.10. The summed E-state index contributed by atoms with van der Waals surface area (Å²) in [6, 6.07) is 7.60. The molecule has 0 amide bonds. The van der Waals surface area contributed by atoms with Crippen LogP contribution in [0.3, 0.4) is 0 Å². The van der Waals surface area contributed by atoms with Gasteiger partial charge in [-0.1, -0.05) is 12.1 Å². The molecule has 2 saturated heterocycles. The van der Waals surface area contributed by atoms with Crippen LogP contribution in [0, 0.1) is 0 Å². The number of anilines is 1. The number of ether oxygens (including phenoxy) is 2. The zero-order valence-corrected chi connectivity index (χ0v) is 13.2. The third-order valence-electron chi connectivity index (χ3n) is 4.64. The molecule has 2 aliphatic heterocycles. The van der Waals surface area contributed by atoms with E-state index in [1.165, 1.54) is 0 Å². The molecule has 3 N–H and O–H groups in total. The van der Waals surface area contributed by atoms with Gasteiger partial charge >= 0.3 is 0 Å². The fourth-order valence-corrected chi connectivity index (χ4v) is 3.36. The first-order valence-electron chi connectivity index (χ1n) is 8.13. The molecule has 0 unspecified atom stereocenters. The summed E-state index contributed by atoms with van der Waals surface area (Å²) in [4.78, 5) is 6.77. The minimum Gasteiger partial charge on any atom is -0.394 e. The van der Waals surface area contributed by atoms with Gasteiger partial charge in [-0.3, -0.25) is 4.57 Å². The maximum atomic E-state index is 10.4. The van der Waals surface area contributed by atoms with Gasteiger partial charge in [-0.2, -0.15) is 0 Å². The molecule has 8 nitrogen and oxygen atoms in total. The molecule has 0 saturated carbocycles. The molecule has 2 aliphatic rings. The summed E-state index contributed by atoms with van der Waals surface area (Å²) < 4.78 is 12.9. The molecule has 8 heteroatoms. The summed E-state index contributed by atoms with van der Waals surface area (Å²) in [7, 11) is 0. The van der Waals surface area contributed by atoms with Crippen molar-refractivity contribution >= 4 is 17.0 Å². The topological polar surface area (TPSA) is 100 Å². The Bertz CT molecular complexity index is 715. The highest BCUT2D eigenvalue weighted by atomic mass is 16.6. The van der Waals surface area contributed by atoms with E-state index in [0.717, 1.165) is 11.0 Å². The quantitative estimate of drug-likeness (QED) is 0.694. The molecule has 24 heavy (non-hydrogen) atoms. The highest BCUT2D eigenvalue weighted by Crippen LogP contribution is 2.36. The van der Waals surface area contributed by atoms with Crippen LogP contribution in [0.2, 0.25) is 0 Å². The third kappa shape index (κ3) is 2.47. The number of rotatable bonds is 3. The lowest BCUT2D eigenvalue weighted by Crippen LogP contribution is -2.39. The van der Waals surface area contributed by atoms with Crippen LogP contribution < -0.4 is 4.90 Å². The molecule has 2 aromatic rings. The molecule has 3 heterocycles. The first-order chi connectivity index (χ1) is 11.7. The summed E-state index contributed by atoms with van der Waals surface area (Å²) in [5.41, 5.74) is 1.60. The van der Waals surface area contributed by atoms with Crippen molar-refractivity contribution in [2.75, 3.05) is 37.8 Å². The van der Waals surface area contributed by atoms with Crippen molar-refractivity contribution in [2.24, 2.45) is 0 Å². The Balaban J connectivity index is 1.80. The lowest BCUT2D eigenvalue weighted by molar-refractivity contribution is -0.0504. The first kappa shape index (κ1) is 15.8. The van der Waals surface area contributed by atoms with E-state index in [1.54, 1.807) is 0 Å². The number of aliphatic hydroxyl groups is 3. The molecule has 0 radical (unpaired) electrons. The SMILES string of the molecule is OC[C@H]1O[C@@H](n2c(N3CCOCC3)nc3ccccc32)[C@H](O)[C@@H]1O. The number of nitrogens with zero attached hydrogens (tertiary/aromatic N) is 3. The van der Waals surface area contributed by atoms with Crippen LogP contribution >= 0.6 is 0 Å². The van der Waals surface area contributed by atoms with Crippen molar-refractivity contribution in [1.82, 2.24) is 9.55 Å². The van der Waals surface area contributed by atoms with Crippen LogP contribution in [0.25, 0.3) is 11.0 Å². The van der Waals surface area contributed by atoms with Crippen LogP contribution in [0.4, 0.5) is 5.95 Å². The van der Waals surface area contributed by atoms with Gasteiger partial charge in [0.1, 0.15) is 18.3 Å². The summed E-state index contributed by atoms with van der Waals surface area (Å²) in [5, 5.41) is 29.9. The normalized spacial score (nSPS) is 31.0. The van der Waals surface area contributed by atoms with Gasteiger partial charge in [0.05, 0.1) is 30.9 Å². The van der Waals surface area contributed by atoms with Gasteiger partial charge in [0.25, 0.3) is 0 Å². The lowest BCUT2D eigenvalue weighted by Gasteiger charge is -2.30. The molecule has 1 aromatic carbocycles. The number of morpholine rings is 1. The summed E-state index contributed by atoms with van der Waals surface area (Å²) in [6.45, 7) is 2.25. The predicted molar refractivity (Wildman–Crippen MR) is 85.8 cm³/mol. The average molecular weight is 335 g/mol. The second-order valence-electron chi connectivity index (χ2n) is 6.10. The van der Waals surface area contributed by atoms with E-state index in [4.69, 9.17) is 9.47 Å². The van der Waals surface area contributed by atoms with E-state index in [9.17, 15) is 15.3 Å². The van der Waals surface area contributed by atoms with E-state index in [1.807, 2.05) is 28.8 Å². The van der Waals surface area contributed by atoms with Crippen molar-refractivity contribution in [1.29, 1.82) is 0 Å². The Labute approximate surface area is 138 Å². The molecular formula is C16H21N3O5. The first-order valence-corrected chi connectivity index (χ1v) is 8.13. The fraction of sp³-hybridized carbons (Fsp3) is 0.562. The van der Waals surface area contributed by atoms with Gasteiger partial charge in [-0.25, -0.2) is 4.98 Å². The molecule has 130 valence electrons. The minimum atomic E-state index is -1.14. The smallest absolute Gasteiger partial charge is 0.208 e. The molecule has 0 bridgehead atoms. The number of aromatic nitrogens is 2. The fourth-order valence-electron chi connectivity index (χ4n) is 3.36. The van der Waals surface area contributed by atoms with E-state index in [0.29, 0.717) is 32.3 Å². The van der Waals surface area contributed by atoms with E-state index in [2.05, 4.69) is 9.88 Å². The van der Waals surface area contributed by atoms with Gasteiger partial charge in [0.2, 0.25) is 5.95 Å². The van der Waals surface area contributed by atoms with Crippen molar-refractivity contribution < 1.29 is 24.8 Å². The molecule has 0 aliphatic carbocycles. The molecule has 1 aromatic heterocycles. The molecule has 4 atom stereocenters. The number of imidazole rings is 1. The number of hydrogen-bond donors (Lipinski definition) is 3. The van der Waals surface area contributed by atoms with E-state index in [-0.39, 0.29) is 6.61 Å². The zero-order chi connectivity index (χ0) is 16.7. The average Bonchev–Trinajstić information content (AvgIpc) is 3.14. The van der Waals surface area contributed by atoms with Crippen LogP contribution in [0.15, 0.2) is 24.3 Å². The Morgan fingerprint density at radius 1 is 1.12 bits per heavy atom. The molecule has 4 rings (SSSR count). The Morgan fingerprint density at radius 2 is 1.88 bits per heavy atom. The second kappa shape index (κ2) is 6.30. The Morgan fingerprint density at radius 3 is 2.58 bits per heavy atom. The zero-order valence-electron chi connectivity index (χ0n) is 13.2.